The van der Waals surface area contributed by atoms with Gasteiger partial charge in [0.05, 0.1) is 0 Å². The lowest BCUT2D eigenvalue weighted by molar-refractivity contribution is -0.124. The van der Waals surface area contributed by atoms with Gasteiger partial charge < -0.3 is 5.73 Å². The van der Waals surface area contributed by atoms with Gasteiger partial charge >= 0.3 is 0 Å². The number of hydrogen-bond donors (Lipinski definition) is 1. The van der Waals surface area contributed by atoms with Crippen LogP contribution in [0.2, 0.25) is 0 Å². The maximum atomic E-state index is 12.3. The highest BCUT2D eigenvalue weighted by Gasteiger charge is 2.29. The molecule has 0 bridgehead atoms. The quantitative estimate of drug-likeness (QED) is 0.863. The molecule has 3 heteroatoms. The van der Waals surface area contributed by atoms with Gasteiger partial charge in [-0.1, -0.05) is 12.8 Å². The lowest BCUT2D eigenvalue weighted by Crippen LogP contribution is -2.33. The van der Waals surface area contributed by atoms with Gasteiger partial charge in [-0.2, -0.15) is 0 Å². The van der Waals surface area contributed by atoms with E-state index in [0.717, 1.165) is 18.4 Å². The third-order valence-corrected chi connectivity index (χ3v) is 3.75. The van der Waals surface area contributed by atoms with Crippen molar-refractivity contribution in [3.8, 4) is 0 Å². The predicted octanol–water partition coefficient (Wildman–Crippen LogP) is 1.96. The van der Waals surface area contributed by atoms with E-state index in [1.807, 2.05) is 12.1 Å². The highest BCUT2D eigenvalue weighted by molar-refractivity contribution is 5.83. The first kappa shape index (κ1) is 12.2. The molecule has 1 aliphatic rings. The Morgan fingerprint density at radius 2 is 2.00 bits per heavy atom. The monoisotopic (exact) mass is 232 g/mol. The number of ketones is 1. The zero-order valence-electron chi connectivity index (χ0n) is 10.1. The second-order valence-corrected chi connectivity index (χ2v) is 4.89. The molecule has 0 aromatic carbocycles. The van der Waals surface area contributed by atoms with Crippen molar-refractivity contribution in [2.75, 3.05) is 6.54 Å². The Bertz CT molecular complexity index is 364. The molecule has 2 unspecified atom stereocenters. The predicted molar refractivity (Wildman–Crippen MR) is 67.5 cm³/mol. The zero-order chi connectivity index (χ0) is 12.1. The van der Waals surface area contributed by atoms with Crippen molar-refractivity contribution >= 4 is 5.78 Å². The Balaban J connectivity index is 1.99. The number of aromatic nitrogens is 1. The molecular formula is C14H20N2O. The number of nitrogens with zero attached hydrogens (tertiary/aromatic N) is 1. The van der Waals surface area contributed by atoms with Crippen molar-refractivity contribution in [1.29, 1.82) is 0 Å². The minimum Gasteiger partial charge on any atom is -0.330 e. The number of pyridine rings is 1. The molecule has 1 saturated carbocycles. The highest BCUT2D eigenvalue weighted by Crippen LogP contribution is 2.30. The summed E-state index contributed by atoms with van der Waals surface area (Å²) < 4.78 is 0. The molecule has 0 amide bonds. The topological polar surface area (TPSA) is 56.0 Å². The number of carbonyl (C=O) groups is 1. The molecule has 0 spiro atoms. The number of rotatable bonds is 4. The third kappa shape index (κ3) is 3.13. The van der Waals surface area contributed by atoms with Crippen molar-refractivity contribution in [3.63, 3.8) is 0 Å². The standard InChI is InChI=1S/C14H20N2O/c15-10-12-3-1-2-4-13(12)14(17)9-11-5-7-16-8-6-11/h5-8,12-13H,1-4,9-10,15H2. The van der Waals surface area contributed by atoms with Crippen LogP contribution in [0.1, 0.15) is 31.2 Å². The minimum absolute atomic E-state index is 0.182. The second kappa shape index (κ2) is 5.92. The molecule has 1 fully saturated rings. The van der Waals surface area contributed by atoms with Gasteiger partial charge in [0, 0.05) is 24.7 Å². The Labute approximate surface area is 102 Å². The molecule has 17 heavy (non-hydrogen) atoms. The summed E-state index contributed by atoms with van der Waals surface area (Å²) in [5.74, 6) is 0.936. The molecule has 1 aliphatic carbocycles. The molecule has 1 aromatic heterocycles. The first-order valence-electron chi connectivity index (χ1n) is 6.43. The number of hydrogen-bond acceptors (Lipinski definition) is 3. The van der Waals surface area contributed by atoms with E-state index >= 15 is 0 Å². The van der Waals surface area contributed by atoms with E-state index in [4.69, 9.17) is 5.73 Å². The summed E-state index contributed by atoms with van der Waals surface area (Å²) in [6.07, 6.45) is 8.54. The van der Waals surface area contributed by atoms with Gasteiger partial charge in [0.15, 0.2) is 0 Å². The summed E-state index contributed by atoms with van der Waals surface area (Å²) >= 11 is 0. The average molecular weight is 232 g/mol. The van der Waals surface area contributed by atoms with Crippen molar-refractivity contribution in [3.05, 3.63) is 30.1 Å². The Kier molecular flexibility index (Phi) is 4.26. The molecular weight excluding hydrogens is 212 g/mol. The van der Waals surface area contributed by atoms with Crippen LogP contribution >= 0.6 is 0 Å². The SMILES string of the molecule is NCC1CCCCC1C(=O)Cc1ccncc1. The smallest absolute Gasteiger partial charge is 0.140 e. The van der Waals surface area contributed by atoms with E-state index in [2.05, 4.69) is 4.98 Å². The maximum absolute atomic E-state index is 12.3. The van der Waals surface area contributed by atoms with Crippen LogP contribution in [0.25, 0.3) is 0 Å². The normalized spacial score (nSPS) is 24.5. The van der Waals surface area contributed by atoms with Crippen LogP contribution in [-0.4, -0.2) is 17.3 Å². The van der Waals surface area contributed by atoms with Crippen LogP contribution in [-0.2, 0) is 11.2 Å². The Hall–Kier alpha value is -1.22. The summed E-state index contributed by atoms with van der Waals surface area (Å²) in [5.41, 5.74) is 6.82. The maximum Gasteiger partial charge on any atom is 0.140 e. The van der Waals surface area contributed by atoms with E-state index < -0.39 is 0 Å². The summed E-state index contributed by atoms with van der Waals surface area (Å²) in [6, 6.07) is 3.83. The van der Waals surface area contributed by atoms with Crippen LogP contribution in [0, 0.1) is 11.8 Å². The Morgan fingerprint density at radius 3 is 2.71 bits per heavy atom. The molecule has 2 atom stereocenters. The van der Waals surface area contributed by atoms with Gasteiger partial charge in [0.1, 0.15) is 5.78 Å². The van der Waals surface area contributed by atoms with Crippen LogP contribution in [0.4, 0.5) is 0 Å². The van der Waals surface area contributed by atoms with Gasteiger partial charge in [-0.15, -0.1) is 0 Å². The average Bonchev–Trinajstić information content (AvgIpc) is 2.40. The molecule has 0 radical (unpaired) electrons. The third-order valence-electron chi connectivity index (χ3n) is 3.75. The number of carbonyl (C=O) groups excluding carboxylic acids is 1. The van der Waals surface area contributed by atoms with Gasteiger partial charge in [0.25, 0.3) is 0 Å². The van der Waals surface area contributed by atoms with Crippen LogP contribution < -0.4 is 5.73 Å². The first-order chi connectivity index (χ1) is 8.31. The fourth-order valence-corrected chi connectivity index (χ4v) is 2.75. The van der Waals surface area contributed by atoms with Gasteiger partial charge in [-0.05, 0) is 43.0 Å². The lowest BCUT2D eigenvalue weighted by Gasteiger charge is -2.29. The Morgan fingerprint density at radius 1 is 1.29 bits per heavy atom. The fourth-order valence-electron chi connectivity index (χ4n) is 2.75. The molecule has 92 valence electrons. The summed E-state index contributed by atoms with van der Waals surface area (Å²) in [5, 5.41) is 0. The summed E-state index contributed by atoms with van der Waals surface area (Å²) in [4.78, 5) is 16.2. The first-order valence-corrected chi connectivity index (χ1v) is 6.43. The molecule has 3 nitrogen and oxygen atoms in total. The van der Waals surface area contributed by atoms with E-state index in [1.165, 1.54) is 12.8 Å². The fraction of sp³-hybridized carbons (Fsp3) is 0.571. The lowest BCUT2D eigenvalue weighted by atomic mass is 9.76. The van der Waals surface area contributed by atoms with Gasteiger partial charge in [-0.3, -0.25) is 9.78 Å². The van der Waals surface area contributed by atoms with E-state index in [-0.39, 0.29) is 5.92 Å². The van der Waals surface area contributed by atoms with E-state index in [0.29, 0.717) is 24.7 Å². The second-order valence-electron chi connectivity index (χ2n) is 4.89. The largest absolute Gasteiger partial charge is 0.330 e. The van der Waals surface area contributed by atoms with Crippen molar-refractivity contribution in [2.45, 2.75) is 32.1 Å². The van der Waals surface area contributed by atoms with Crippen LogP contribution in [0.5, 0.6) is 0 Å². The zero-order valence-corrected chi connectivity index (χ0v) is 10.1. The van der Waals surface area contributed by atoms with Crippen LogP contribution in [0.3, 0.4) is 0 Å². The van der Waals surface area contributed by atoms with Gasteiger partial charge in [-0.25, -0.2) is 0 Å². The number of nitrogens with two attached hydrogens (primary N) is 1. The van der Waals surface area contributed by atoms with Crippen molar-refractivity contribution in [1.82, 2.24) is 4.98 Å². The molecule has 0 saturated heterocycles. The highest BCUT2D eigenvalue weighted by atomic mass is 16.1. The number of Topliss-reactive ketones (excluding diaryl/α,β-unsaturated/α-hetero) is 1. The van der Waals surface area contributed by atoms with Gasteiger partial charge in [0.2, 0.25) is 0 Å². The summed E-state index contributed by atoms with van der Waals surface area (Å²) in [6.45, 7) is 0.646. The molecule has 2 N–H and O–H groups in total. The van der Waals surface area contributed by atoms with Crippen LogP contribution in [0.15, 0.2) is 24.5 Å². The minimum atomic E-state index is 0.182. The molecule has 0 aliphatic heterocycles. The van der Waals surface area contributed by atoms with Crippen molar-refractivity contribution in [2.24, 2.45) is 17.6 Å². The summed E-state index contributed by atoms with van der Waals surface area (Å²) in [7, 11) is 0. The molecule has 1 heterocycles. The molecule has 1 aromatic rings. The van der Waals surface area contributed by atoms with E-state index in [9.17, 15) is 4.79 Å². The van der Waals surface area contributed by atoms with E-state index in [1.54, 1.807) is 12.4 Å². The van der Waals surface area contributed by atoms with Crippen molar-refractivity contribution < 1.29 is 4.79 Å². The molecule has 2 rings (SSSR count).